The second kappa shape index (κ2) is 8.31. The maximum Gasteiger partial charge on any atom is 0.229 e. The zero-order chi connectivity index (χ0) is 19.4. The summed E-state index contributed by atoms with van der Waals surface area (Å²) < 4.78 is 30.5. The standard InChI is InChI=1S/C21H28N2O3S/c1-15(17-5-4-6-21(14-17)26-2)22-20-12-9-18(13-20)16-7-10-19(11-8-16)23-27(3,24)25/h4-8,10-11,14-15,18,20,22-23H,9,12-13H2,1-3H3. The lowest BCUT2D eigenvalue weighted by molar-refractivity contribution is 0.411. The molecule has 0 aliphatic heterocycles. The van der Waals surface area contributed by atoms with E-state index in [0.29, 0.717) is 17.6 Å². The highest BCUT2D eigenvalue weighted by atomic mass is 32.2. The van der Waals surface area contributed by atoms with Gasteiger partial charge in [0.05, 0.1) is 13.4 Å². The third-order valence-corrected chi connectivity index (χ3v) is 5.80. The minimum absolute atomic E-state index is 0.269. The van der Waals surface area contributed by atoms with Gasteiger partial charge in [-0.25, -0.2) is 8.42 Å². The van der Waals surface area contributed by atoms with Crippen LogP contribution in [0.5, 0.6) is 5.75 Å². The lowest BCUT2D eigenvalue weighted by Crippen LogP contribution is -2.29. The van der Waals surface area contributed by atoms with E-state index in [1.54, 1.807) is 7.11 Å². The Morgan fingerprint density at radius 3 is 2.52 bits per heavy atom. The van der Waals surface area contributed by atoms with Crippen LogP contribution in [0.15, 0.2) is 48.5 Å². The number of benzene rings is 2. The van der Waals surface area contributed by atoms with Crippen molar-refractivity contribution in [2.45, 2.75) is 44.2 Å². The summed E-state index contributed by atoms with van der Waals surface area (Å²) in [5, 5.41) is 3.74. The fourth-order valence-corrected chi connectivity index (χ4v) is 4.40. The fourth-order valence-electron chi connectivity index (χ4n) is 3.83. The van der Waals surface area contributed by atoms with Crippen LogP contribution in [0.3, 0.4) is 0 Å². The molecule has 27 heavy (non-hydrogen) atoms. The zero-order valence-electron chi connectivity index (χ0n) is 16.1. The van der Waals surface area contributed by atoms with Crippen molar-refractivity contribution in [3.05, 3.63) is 59.7 Å². The lowest BCUT2D eigenvalue weighted by Gasteiger charge is -2.20. The smallest absolute Gasteiger partial charge is 0.229 e. The molecule has 2 aromatic rings. The van der Waals surface area contributed by atoms with E-state index in [4.69, 9.17) is 4.74 Å². The molecule has 146 valence electrons. The Hall–Kier alpha value is -2.05. The third-order valence-electron chi connectivity index (χ3n) is 5.20. The van der Waals surface area contributed by atoms with Crippen LogP contribution in [-0.2, 0) is 10.0 Å². The van der Waals surface area contributed by atoms with Gasteiger partial charge in [-0.05, 0) is 67.5 Å². The summed E-state index contributed by atoms with van der Waals surface area (Å²) >= 11 is 0. The van der Waals surface area contributed by atoms with Crippen molar-refractivity contribution >= 4 is 15.7 Å². The second-order valence-electron chi connectivity index (χ2n) is 7.37. The van der Waals surface area contributed by atoms with Gasteiger partial charge in [-0.1, -0.05) is 24.3 Å². The first-order valence-corrected chi connectivity index (χ1v) is 11.2. The van der Waals surface area contributed by atoms with Gasteiger partial charge in [0.15, 0.2) is 0 Å². The fraction of sp³-hybridized carbons (Fsp3) is 0.429. The number of methoxy groups -OCH3 is 1. The molecule has 0 heterocycles. The quantitative estimate of drug-likeness (QED) is 0.751. The molecule has 0 radical (unpaired) electrons. The molecule has 6 heteroatoms. The molecule has 2 aromatic carbocycles. The molecule has 0 spiro atoms. The lowest BCUT2D eigenvalue weighted by atomic mass is 9.97. The van der Waals surface area contributed by atoms with Crippen molar-refractivity contribution in [1.29, 1.82) is 0 Å². The van der Waals surface area contributed by atoms with E-state index in [-0.39, 0.29) is 6.04 Å². The maximum absolute atomic E-state index is 11.3. The van der Waals surface area contributed by atoms with Crippen molar-refractivity contribution in [2.75, 3.05) is 18.1 Å². The molecule has 0 bridgehead atoms. The maximum atomic E-state index is 11.3. The SMILES string of the molecule is COc1cccc(C(C)NC2CCC(c3ccc(NS(C)(=O)=O)cc3)C2)c1. The monoisotopic (exact) mass is 388 g/mol. The Labute approximate surface area is 162 Å². The van der Waals surface area contributed by atoms with Crippen molar-refractivity contribution < 1.29 is 13.2 Å². The Bertz CT molecular complexity index is 865. The highest BCUT2D eigenvalue weighted by Crippen LogP contribution is 2.36. The van der Waals surface area contributed by atoms with Gasteiger partial charge in [0.2, 0.25) is 10.0 Å². The van der Waals surface area contributed by atoms with E-state index >= 15 is 0 Å². The molecule has 1 saturated carbocycles. The minimum atomic E-state index is -3.23. The number of sulfonamides is 1. The van der Waals surface area contributed by atoms with Gasteiger partial charge in [0.25, 0.3) is 0 Å². The average molecular weight is 389 g/mol. The minimum Gasteiger partial charge on any atom is -0.497 e. The molecule has 3 rings (SSSR count). The number of ether oxygens (including phenoxy) is 1. The summed E-state index contributed by atoms with van der Waals surface area (Å²) in [6, 6.07) is 16.7. The van der Waals surface area contributed by atoms with E-state index in [2.05, 4.69) is 29.1 Å². The molecule has 2 N–H and O–H groups in total. The third kappa shape index (κ3) is 5.47. The van der Waals surface area contributed by atoms with Crippen LogP contribution in [0.2, 0.25) is 0 Å². The van der Waals surface area contributed by atoms with Crippen LogP contribution in [0, 0.1) is 0 Å². The summed E-state index contributed by atoms with van der Waals surface area (Å²) in [5.74, 6) is 1.39. The molecule has 1 aliphatic carbocycles. The summed E-state index contributed by atoms with van der Waals surface area (Å²) in [7, 11) is -1.54. The van der Waals surface area contributed by atoms with E-state index < -0.39 is 10.0 Å². The van der Waals surface area contributed by atoms with Gasteiger partial charge in [-0.3, -0.25) is 4.72 Å². The van der Waals surface area contributed by atoms with E-state index in [1.807, 2.05) is 36.4 Å². The van der Waals surface area contributed by atoms with E-state index in [0.717, 1.165) is 31.3 Å². The molecule has 0 aromatic heterocycles. The summed E-state index contributed by atoms with van der Waals surface area (Å²) in [5.41, 5.74) is 3.11. The largest absolute Gasteiger partial charge is 0.497 e. The Morgan fingerprint density at radius 1 is 1.11 bits per heavy atom. The zero-order valence-corrected chi connectivity index (χ0v) is 16.9. The Morgan fingerprint density at radius 2 is 1.85 bits per heavy atom. The van der Waals surface area contributed by atoms with Gasteiger partial charge in [0, 0.05) is 17.8 Å². The molecular formula is C21H28N2O3S. The molecule has 1 fully saturated rings. The number of hydrogen-bond donors (Lipinski definition) is 2. The van der Waals surface area contributed by atoms with Crippen LogP contribution in [0.25, 0.3) is 0 Å². The van der Waals surface area contributed by atoms with Crippen LogP contribution in [0.1, 0.15) is 49.3 Å². The summed E-state index contributed by atoms with van der Waals surface area (Å²) in [6.45, 7) is 2.19. The van der Waals surface area contributed by atoms with E-state index in [9.17, 15) is 8.42 Å². The van der Waals surface area contributed by atoms with Crippen molar-refractivity contribution in [1.82, 2.24) is 5.32 Å². The topological polar surface area (TPSA) is 67.4 Å². The summed E-state index contributed by atoms with van der Waals surface area (Å²) in [4.78, 5) is 0. The number of hydrogen-bond acceptors (Lipinski definition) is 4. The van der Waals surface area contributed by atoms with Gasteiger partial charge in [-0.2, -0.15) is 0 Å². The molecule has 5 nitrogen and oxygen atoms in total. The molecule has 1 aliphatic rings. The number of nitrogens with one attached hydrogen (secondary N) is 2. The first-order chi connectivity index (χ1) is 12.8. The average Bonchev–Trinajstić information content (AvgIpc) is 3.09. The van der Waals surface area contributed by atoms with Crippen LogP contribution < -0.4 is 14.8 Å². The van der Waals surface area contributed by atoms with Crippen molar-refractivity contribution in [2.24, 2.45) is 0 Å². The van der Waals surface area contributed by atoms with Crippen molar-refractivity contribution in [3.63, 3.8) is 0 Å². The highest BCUT2D eigenvalue weighted by molar-refractivity contribution is 7.92. The first kappa shape index (κ1) is 19.7. The molecule has 3 unspecified atom stereocenters. The predicted octanol–water partition coefficient (Wildman–Crippen LogP) is 4.05. The van der Waals surface area contributed by atoms with Crippen LogP contribution >= 0.6 is 0 Å². The van der Waals surface area contributed by atoms with Gasteiger partial charge in [-0.15, -0.1) is 0 Å². The summed E-state index contributed by atoms with van der Waals surface area (Å²) in [6.07, 6.45) is 4.54. The Balaban J connectivity index is 1.58. The molecule has 0 amide bonds. The van der Waals surface area contributed by atoms with Gasteiger partial charge >= 0.3 is 0 Å². The molecule has 0 saturated heterocycles. The van der Waals surface area contributed by atoms with E-state index in [1.165, 1.54) is 11.1 Å². The highest BCUT2D eigenvalue weighted by Gasteiger charge is 2.27. The Kier molecular flexibility index (Phi) is 6.07. The molecule has 3 atom stereocenters. The van der Waals surface area contributed by atoms with Gasteiger partial charge in [0.1, 0.15) is 5.75 Å². The first-order valence-electron chi connectivity index (χ1n) is 9.32. The van der Waals surface area contributed by atoms with Gasteiger partial charge < -0.3 is 10.1 Å². The van der Waals surface area contributed by atoms with Crippen molar-refractivity contribution in [3.8, 4) is 5.75 Å². The number of rotatable bonds is 7. The normalized spacial score (nSPS) is 21.0. The predicted molar refractivity (Wildman–Crippen MR) is 110 cm³/mol. The second-order valence-corrected chi connectivity index (χ2v) is 9.12. The van der Waals surface area contributed by atoms with Crippen LogP contribution in [0.4, 0.5) is 5.69 Å². The molecular weight excluding hydrogens is 360 g/mol. The van der Waals surface area contributed by atoms with Crippen LogP contribution in [-0.4, -0.2) is 27.8 Å². The number of anilines is 1.